The van der Waals surface area contributed by atoms with Crippen LogP contribution in [0.25, 0.3) is 0 Å². The highest BCUT2D eigenvalue weighted by Gasteiger charge is 2.26. The van der Waals surface area contributed by atoms with Gasteiger partial charge in [0.05, 0.1) is 18.4 Å². The highest BCUT2D eigenvalue weighted by atomic mass is 16.5. The van der Waals surface area contributed by atoms with Crippen molar-refractivity contribution in [1.82, 2.24) is 5.32 Å². The van der Waals surface area contributed by atoms with Crippen LogP contribution in [0.2, 0.25) is 0 Å². The van der Waals surface area contributed by atoms with Gasteiger partial charge in [-0.05, 0) is 66.9 Å². The van der Waals surface area contributed by atoms with Gasteiger partial charge in [0.25, 0.3) is 5.91 Å². The molecule has 0 atom stereocenters. The Morgan fingerprint density at radius 2 is 1.78 bits per heavy atom. The Hall–Kier alpha value is -4.00. The molecule has 0 aromatic heterocycles. The van der Waals surface area contributed by atoms with Crippen LogP contribution in [0.5, 0.6) is 17.2 Å². The van der Waals surface area contributed by atoms with Crippen LogP contribution in [-0.2, 0) is 6.42 Å². The summed E-state index contributed by atoms with van der Waals surface area (Å²) in [6, 6.07) is 18.1. The van der Waals surface area contributed by atoms with Crippen LogP contribution in [0.4, 0.5) is 16.2 Å². The van der Waals surface area contributed by atoms with E-state index in [9.17, 15) is 9.59 Å². The third kappa shape index (κ3) is 4.51. The minimum absolute atomic E-state index is 0.201. The number of urea groups is 1. The molecule has 0 fully saturated rings. The molecule has 0 unspecified atom stereocenters. The third-order valence-corrected chi connectivity index (χ3v) is 5.33. The number of amides is 3. The van der Waals surface area contributed by atoms with E-state index < -0.39 is 0 Å². The van der Waals surface area contributed by atoms with Crippen molar-refractivity contribution in [2.24, 2.45) is 0 Å². The lowest BCUT2D eigenvalue weighted by Crippen LogP contribution is -2.30. The van der Waals surface area contributed by atoms with Gasteiger partial charge in [-0.25, -0.2) is 4.79 Å². The molecule has 0 saturated carbocycles. The highest BCUT2D eigenvalue weighted by molar-refractivity contribution is 6.10. The van der Waals surface area contributed by atoms with Crippen LogP contribution in [0, 0.1) is 6.92 Å². The molecule has 32 heavy (non-hydrogen) atoms. The number of carbonyl (C=O) groups excluding carboxylic acids is 2. The van der Waals surface area contributed by atoms with Crippen LogP contribution >= 0.6 is 0 Å². The first kappa shape index (κ1) is 21.2. The number of aryl methyl sites for hydroxylation is 1. The van der Waals surface area contributed by atoms with Crippen LogP contribution in [0.3, 0.4) is 0 Å². The van der Waals surface area contributed by atoms with Crippen molar-refractivity contribution in [2.75, 3.05) is 30.9 Å². The van der Waals surface area contributed by atoms with E-state index in [2.05, 4.69) is 10.6 Å². The zero-order chi connectivity index (χ0) is 22.7. The number of hydrogen-bond donors (Lipinski definition) is 2. The number of carbonyl (C=O) groups is 2. The fraction of sp³-hybridized carbons (Fsp3) is 0.200. The molecule has 0 spiro atoms. The lowest BCUT2D eigenvalue weighted by Gasteiger charge is -2.16. The van der Waals surface area contributed by atoms with Crippen molar-refractivity contribution < 1.29 is 19.1 Å². The quantitative estimate of drug-likeness (QED) is 0.611. The third-order valence-electron chi connectivity index (χ3n) is 5.33. The van der Waals surface area contributed by atoms with Gasteiger partial charge in [-0.15, -0.1) is 0 Å². The number of methoxy groups -OCH3 is 1. The van der Waals surface area contributed by atoms with Crippen molar-refractivity contribution in [2.45, 2.75) is 13.3 Å². The topological polar surface area (TPSA) is 79.9 Å². The van der Waals surface area contributed by atoms with Crippen LogP contribution < -0.4 is 25.0 Å². The summed E-state index contributed by atoms with van der Waals surface area (Å²) in [5, 5.41) is 5.62. The number of nitrogens with one attached hydrogen (secondary N) is 2. The fourth-order valence-corrected chi connectivity index (χ4v) is 3.54. The van der Waals surface area contributed by atoms with E-state index in [4.69, 9.17) is 9.47 Å². The molecule has 0 saturated heterocycles. The first-order chi connectivity index (χ1) is 15.4. The summed E-state index contributed by atoms with van der Waals surface area (Å²) >= 11 is 0. The number of ether oxygens (including phenoxy) is 2. The summed E-state index contributed by atoms with van der Waals surface area (Å²) in [6.45, 7) is 2.44. The minimum atomic E-state index is -0.340. The number of anilines is 2. The second kappa shape index (κ2) is 9.01. The average molecular weight is 431 g/mol. The fourth-order valence-electron chi connectivity index (χ4n) is 3.54. The van der Waals surface area contributed by atoms with Crippen molar-refractivity contribution in [3.63, 3.8) is 0 Å². The molecule has 0 radical (unpaired) electrons. The molecule has 3 aromatic carbocycles. The molecule has 7 nitrogen and oxygen atoms in total. The predicted octanol–water partition coefficient (Wildman–Crippen LogP) is 4.75. The molecule has 164 valence electrons. The largest absolute Gasteiger partial charge is 0.497 e. The highest BCUT2D eigenvalue weighted by Crippen LogP contribution is 2.39. The molecule has 1 aliphatic heterocycles. The molecule has 2 N–H and O–H groups in total. The normalized spacial score (nSPS) is 12.2. The summed E-state index contributed by atoms with van der Waals surface area (Å²) in [4.78, 5) is 26.9. The van der Waals surface area contributed by atoms with Gasteiger partial charge >= 0.3 is 6.03 Å². The zero-order valence-corrected chi connectivity index (χ0v) is 18.3. The van der Waals surface area contributed by atoms with E-state index in [1.54, 1.807) is 37.3 Å². The molecular weight excluding hydrogens is 406 g/mol. The van der Waals surface area contributed by atoms with E-state index >= 15 is 0 Å². The van der Waals surface area contributed by atoms with E-state index in [0.717, 1.165) is 16.9 Å². The summed E-state index contributed by atoms with van der Waals surface area (Å²) in [6.07, 6.45) is 0.691. The molecular formula is C25H25N3O4. The van der Waals surface area contributed by atoms with Crippen molar-refractivity contribution in [3.05, 3.63) is 77.4 Å². The number of fused-ring (bicyclic) bond motifs is 2. The Kier molecular flexibility index (Phi) is 5.98. The first-order valence-corrected chi connectivity index (χ1v) is 10.3. The van der Waals surface area contributed by atoms with Gasteiger partial charge in [-0.1, -0.05) is 18.2 Å². The smallest absolute Gasteiger partial charge is 0.319 e. The number of rotatable bonds is 5. The molecule has 4 rings (SSSR count). The Labute approximate surface area is 187 Å². The second-order valence-electron chi connectivity index (χ2n) is 7.63. The van der Waals surface area contributed by atoms with Gasteiger partial charge < -0.3 is 25.0 Å². The standard InChI is InChI=1S/C25H25N3O4/c1-16-4-10-23-21(14-16)28(2)24(29)20-15-18(7-11-22(20)32-23)27-25(30)26-13-12-17-5-8-19(31-3)9-6-17/h4-11,14-15H,12-13H2,1-3H3,(H2,26,27,30). The average Bonchev–Trinajstić information content (AvgIpc) is 2.89. The molecule has 0 aliphatic carbocycles. The number of hydrogen-bond acceptors (Lipinski definition) is 4. The molecule has 1 aliphatic rings. The van der Waals surface area contributed by atoms with E-state index in [1.165, 1.54) is 0 Å². The summed E-state index contributed by atoms with van der Waals surface area (Å²) in [5.41, 5.74) is 3.73. The molecule has 3 aromatic rings. The molecule has 3 amide bonds. The van der Waals surface area contributed by atoms with E-state index in [0.29, 0.717) is 41.4 Å². The van der Waals surface area contributed by atoms with Crippen LogP contribution in [0.15, 0.2) is 60.7 Å². The molecule has 1 heterocycles. The maximum atomic E-state index is 13.0. The minimum Gasteiger partial charge on any atom is -0.497 e. The summed E-state index contributed by atoms with van der Waals surface area (Å²) in [5.74, 6) is 1.66. The van der Waals surface area contributed by atoms with Gasteiger partial charge in [0.2, 0.25) is 0 Å². The molecule has 0 bridgehead atoms. The Morgan fingerprint density at radius 1 is 1.03 bits per heavy atom. The Morgan fingerprint density at radius 3 is 2.53 bits per heavy atom. The maximum Gasteiger partial charge on any atom is 0.319 e. The van der Waals surface area contributed by atoms with E-state index in [-0.39, 0.29) is 11.9 Å². The van der Waals surface area contributed by atoms with Gasteiger partial charge in [0.1, 0.15) is 11.5 Å². The van der Waals surface area contributed by atoms with E-state index in [1.807, 2.05) is 49.4 Å². The van der Waals surface area contributed by atoms with Crippen molar-refractivity contribution >= 4 is 23.3 Å². The predicted molar refractivity (Wildman–Crippen MR) is 124 cm³/mol. The lowest BCUT2D eigenvalue weighted by atomic mass is 10.1. The molecule has 7 heteroatoms. The Balaban J connectivity index is 1.41. The Bertz CT molecular complexity index is 1160. The van der Waals surface area contributed by atoms with Gasteiger partial charge in [-0.2, -0.15) is 0 Å². The van der Waals surface area contributed by atoms with Gasteiger partial charge in [0.15, 0.2) is 5.75 Å². The van der Waals surface area contributed by atoms with Crippen molar-refractivity contribution in [3.8, 4) is 17.2 Å². The summed E-state index contributed by atoms with van der Waals surface area (Å²) < 4.78 is 11.1. The van der Waals surface area contributed by atoms with Crippen LogP contribution in [0.1, 0.15) is 21.5 Å². The summed E-state index contributed by atoms with van der Waals surface area (Å²) in [7, 11) is 3.34. The van der Waals surface area contributed by atoms with Crippen LogP contribution in [-0.4, -0.2) is 32.6 Å². The second-order valence-corrected chi connectivity index (χ2v) is 7.63. The van der Waals surface area contributed by atoms with Gasteiger partial charge in [0, 0.05) is 19.3 Å². The van der Waals surface area contributed by atoms with Gasteiger partial charge in [-0.3, -0.25) is 4.79 Å². The monoisotopic (exact) mass is 431 g/mol. The van der Waals surface area contributed by atoms with Crippen molar-refractivity contribution in [1.29, 1.82) is 0 Å². The lowest BCUT2D eigenvalue weighted by molar-refractivity contribution is 0.0993. The maximum absolute atomic E-state index is 13.0. The SMILES string of the molecule is COc1ccc(CCNC(=O)Nc2ccc3c(c2)C(=O)N(C)c2cc(C)ccc2O3)cc1. The first-order valence-electron chi connectivity index (χ1n) is 10.3. The number of nitrogens with zero attached hydrogens (tertiary/aromatic N) is 1. The number of benzene rings is 3. The zero-order valence-electron chi connectivity index (χ0n) is 18.3.